The molecule has 2 aromatic heterocycles. The molecule has 4 aromatic rings. The average Bonchev–Trinajstić information content (AvgIpc) is 3.23. The summed E-state index contributed by atoms with van der Waals surface area (Å²) < 4.78 is 8.16. The molecule has 0 saturated heterocycles. The van der Waals surface area contributed by atoms with E-state index in [1.807, 2.05) is 79.1 Å². The van der Waals surface area contributed by atoms with Gasteiger partial charge in [0, 0.05) is 36.5 Å². The fraction of sp³-hybridized carbons (Fsp3) is 0.231. The molecule has 34 heavy (non-hydrogen) atoms. The number of pyridine rings is 1. The molecule has 0 bridgehead atoms. The molecule has 2 heterocycles. The molecule has 2 aromatic carbocycles. The lowest BCUT2D eigenvalue weighted by Gasteiger charge is -2.15. The fourth-order valence-electron chi connectivity index (χ4n) is 3.56. The normalized spacial score (nSPS) is 11.7. The summed E-state index contributed by atoms with van der Waals surface area (Å²) in [6.07, 6.45) is 3.82. The SMILES string of the molecule is Cc1ccc(-c2n[nH]c(=S)n2CCC(=O)NC(C)c2ccc(OCc3cccnc3)cc2)cc1. The Morgan fingerprint density at radius 2 is 1.91 bits per heavy atom. The number of carbonyl (C=O) groups excluding carboxylic acids is 1. The lowest BCUT2D eigenvalue weighted by atomic mass is 10.1. The minimum Gasteiger partial charge on any atom is -0.489 e. The zero-order chi connectivity index (χ0) is 23.9. The molecule has 174 valence electrons. The number of benzene rings is 2. The van der Waals surface area contributed by atoms with Gasteiger partial charge in [0.25, 0.3) is 0 Å². The Balaban J connectivity index is 1.31. The van der Waals surface area contributed by atoms with Crippen molar-refractivity contribution in [1.82, 2.24) is 25.1 Å². The highest BCUT2D eigenvalue weighted by Gasteiger charge is 2.13. The van der Waals surface area contributed by atoms with Crippen LogP contribution in [0.1, 0.15) is 36.1 Å². The number of hydrogen-bond donors (Lipinski definition) is 2. The third kappa shape index (κ3) is 5.96. The molecule has 2 N–H and O–H groups in total. The lowest BCUT2D eigenvalue weighted by Crippen LogP contribution is -2.27. The first-order valence-corrected chi connectivity index (χ1v) is 11.5. The van der Waals surface area contributed by atoms with Gasteiger partial charge in [0.2, 0.25) is 5.91 Å². The van der Waals surface area contributed by atoms with Gasteiger partial charge in [0.15, 0.2) is 10.6 Å². The molecule has 0 fully saturated rings. The largest absolute Gasteiger partial charge is 0.489 e. The van der Waals surface area contributed by atoms with E-state index in [0.717, 1.165) is 28.3 Å². The number of aromatic nitrogens is 4. The molecule has 1 unspecified atom stereocenters. The van der Waals surface area contributed by atoms with Crippen LogP contribution in [-0.2, 0) is 17.9 Å². The predicted octanol–water partition coefficient (Wildman–Crippen LogP) is 5.16. The van der Waals surface area contributed by atoms with E-state index in [-0.39, 0.29) is 11.9 Å². The first kappa shape index (κ1) is 23.4. The van der Waals surface area contributed by atoms with Crippen LogP contribution in [-0.4, -0.2) is 25.7 Å². The van der Waals surface area contributed by atoms with E-state index >= 15 is 0 Å². The highest BCUT2D eigenvalue weighted by molar-refractivity contribution is 7.71. The number of rotatable bonds is 9. The molecule has 0 aliphatic rings. The van der Waals surface area contributed by atoms with Crippen LogP contribution < -0.4 is 10.1 Å². The van der Waals surface area contributed by atoms with Gasteiger partial charge in [-0.2, -0.15) is 5.10 Å². The van der Waals surface area contributed by atoms with Gasteiger partial charge in [-0.15, -0.1) is 0 Å². The minimum absolute atomic E-state index is 0.0534. The second-order valence-electron chi connectivity index (χ2n) is 8.13. The summed E-state index contributed by atoms with van der Waals surface area (Å²) in [5.41, 5.74) is 4.14. The Bertz CT molecular complexity index is 1280. The molecule has 7 nitrogen and oxygen atoms in total. The van der Waals surface area contributed by atoms with E-state index in [9.17, 15) is 4.79 Å². The van der Waals surface area contributed by atoms with Crippen LogP contribution in [0.15, 0.2) is 73.1 Å². The topological polar surface area (TPSA) is 84.8 Å². The second-order valence-corrected chi connectivity index (χ2v) is 8.51. The number of hydrogen-bond acceptors (Lipinski definition) is 5. The maximum absolute atomic E-state index is 12.6. The van der Waals surface area contributed by atoms with Crippen LogP contribution in [0.2, 0.25) is 0 Å². The van der Waals surface area contributed by atoms with Crippen LogP contribution in [0, 0.1) is 11.7 Å². The summed E-state index contributed by atoms with van der Waals surface area (Å²) in [5.74, 6) is 1.44. The van der Waals surface area contributed by atoms with Crippen LogP contribution in [0.3, 0.4) is 0 Å². The number of carbonyl (C=O) groups is 1. The van der Waals surface area contributed by atoms with Crippen molar-refractivity contribution in [2.75, 3.05) is 0 Å². The predicted molar refractivity (Wildman–Crippen MR) is 134 cm³/mol. The van der Waals surface area contributed by atoms with Crippen molar-refractivity contribution in [3.05, 3.63) is 94.5 Å². The molecule has 1 atom stereocenters. The molecule has 0 radical (unpaired) electrons. The molecular weight excluding hydrogens is 446 g/mol. The number of amides is 1. The van der Waals surface area contributed by atoms with E-state index in [0.29, 0.717) is 24.3 Å². The number of aromatic amines is 1. The summed E-state index contributed by atoms with van der Waals surface area (Å²) in [6, 6.07) is 19.5. The summed E-state index contributed by atoms with van der Waals surface area (Å²) >= 11 is 5.38. The Kier molecular flexibility index (Phi) is 7.49. The molecule has 0 saturated carbocycles. The third-order valence-corrected chi connectivity index (χ3v) is 5.83. The van der Waals surface area contributed by atoms with Crippen molar-refractivity contribution in [1.29, 1.82) is 0 Å². The molecule has 8 heteroatoms. The molecular formula is C26H27N5O2S. The molecule has 1 amide bonds. The van der Waals surface area contributed by atoms with E-state index in [2.05, 4.69) is 20.5 Å². The van der Waals surface area contributed by atoms with Gasteiger partial charge in [-0.3, -0.25) is 19.4 Å². The van der Waals surface area contributed by atoms with E-state index in [1.54, 1.807) is 12.4 Å². The summed E-state index contributed by atoms with van der Waals surface area (Å²) in [7, 11) is 0. The summed E-state index contributed by atoms with van der Waals surface area (Å²) in [5, 5.41) is 10.2. The Labute approximate surface area is 203 Å². The van der Waals surface area contributed by atoms with Crippen LogP contribution >= 0.6 is 12.2 Å². The number of nitrogens with one attached hydrogen (secondary N) is 2. The summed E-state index contributed by atoms with van der Waals surface area (Å²) in [6.45, 7) is 4.90. The highest BCUT2D eigenvalue weighted by atomic mass is 32.1. The number of H-pyrrole nitrogens is 1. The smallest absolute Gasteiger partial charge is 0.222 e. The van der Waals surface area contributed by atoms with E-state index in [4.69, 9.17) is 17.0 Å². The van der Waals surface area contributed by atoms with Crippen molar-refractivity contribution in [2.24, 2.45) is 0 Å². The Hall–Kier alpha value is -3.78. The zero-order valence-electron chi connectivity index (χ0n) is 19.2. The zero-order valence-corrected chi connectivity index (χ0v) is 20.0. The van der Waals surface area contributed by atoms with Gasteiger partial charge >= 0.3 is 0 Å². The van der Waals surface area contributed by atoms with Crippen molar-refractivity contribution in [3.63, 3.8) is 0 Å². The van der Waals surface area contributed by atoms with Gasteiger partial charge in [0.05, 0.1) is 6.04 Å². The van der Waals surface area contributed by atoms with Crippen molar-refractivity contribution in [2.45, 2.75) is 39.5 Å². The first-order chi connectivity index (χ1) is 16.5. The Morgan fingerprint density at radius 3 is 2.62 bits per heavy atom. The quantitative estimate of drug-likeness (QED) is 0.328. The van der Waals surface area contributed by atoms with Crippen molar-refractivity contribution >= 4 is 18.1 Å². The maximum Gasteiger partial charge on any atom is 0.222 e. The standard InChI is InChI=1S/C26H27N5O2S/c1-18-5-7-22(8-6-18)25-29-30-26(34)31(25)15-13-24(32)28-19(2)21-9-11-23(12-10-21)33-17-20-4-3-14-27-16-20/h3-12,14,16,19H,13,15,17H2,1-2H3,(H,28,32)(H,30,34). The number of nitrogens with zero attached hydrogens (tertiary/aromatic N) is 3. The number of aryl methyl sites for hydroxylation is 1. The van der Waals surface area contributed by atoms with E-state index in [1.165, 1.54) is 5.56 Å². The average molecular weight is 474 g/mol. The van der Waals surface area contributed by atoms with Gasteiger partial charge in [-0.05, 0) is 49.8 Å². The van der Waals surface area contributed by atoms with Crippen molar-refractivity contribution in [3.8, 4) is 17.1 Å². The number of ether oxygens (including phenoxy) is 1. The fourth-order valence-corrected chi connectivity index (χ4v) is 3.78. The van der Waals surface area contributed by atoms with Gasteiger partial charge in [-0.1, -0.05) is 48.0 Å². The lowest BCUT2D eigenvalue weighted by molar-refractivity contribution is -0.121. The Morgan fingerprint density at radius 1 is 1.15 bits per heavy atom. The van der Waals surface area contributed by atoms with Gasteiger partial charge in [-0.25, -0.2) is 0 Å². The highest BCUT2D eigenvalue weighted by Crippen LogP contribution is 2.20. The molecule has 0 aliphatic carbocycles. The monoisotopic (exact) mass is 473 g/mol. The van der Waals surface area contributed by atoms with Crippen LogP contribution in [0.4, 0.5) is 0 Å². The van der Waals surface area contributed by atoms with Gasteiger partial charge in [0.1, 0.15) is 12.4 Å². The van der Waals surface area contributed by atoms with Crippen molar-refractivity contribution < 1.29 is 9.53 Å². The molecule has 4 rings (SSSR count). The molecule has 0 spiro atoms. The van der Waals surface area contributed by atoms with Gasteiger partial charge < -0.3 is 10.1 Å². The third-order valence-electron chi connectivity index (χ3n) is 5.52. The van der Waals surface area contributed by atoms with Crippen LogP contribution in [0.25, 0.3) is 11.4 Å². The van der Waals surface area contributed by atoms with Crippen LogP contribution in [0.5, 0.6) is 5.75 Å². The second kappa shape index (κ2) is 10.9. The first-order valence-electron chi connectivity index (χ1n) is 11.1. The summed E-state index contributed by atoms with van der Waals surface area (Å²) in [4.78, 5) is 16.7. The van der Waals surface area contributed by atoms with E-state index < -0.39 is 0 Å². The molecule has 0 aliphatic heterocycles. The minimum atomic E-state index is -0.131. The maximum atomic E-state index is 12.6.